The van der Waals surface area contributed by atoms with E-state index >= 15 is 0 Å². The fourth-order valence-corrected chi connectivity index (χ4v) is 4.87. The van der Waals surface area contributed by atoms with Crippen LogP contribution in [0, 0.1) is 13.7 Å². The monoisotopic (exact) mass is 705 g/mol. The molecule has 0 radical (unpaired) electrons. The van der Waals surface area contributed by atoms with E-state index in [0.29, 0.717) is 38.4 Å². The number of carbonyl (C=O) groups is 1. The molecule has 0 saturated heterocycles. The average Bonchev–Trinajstić information content (AvgIpc) is 2.96. The van der Waals surface area contributed by atoms with Gasteiger partial charge < -0.3 is 14.2 Å². The van der Waals surface area contributed by atoms with Crippen LogP contribution in [0.4, 0.5) is 5.69 Å². The lowest BCUT2D eigenvalue weighted by Crippen LogP contribution is -2.18. The lowest BCUT2D eigenvalue weighted by molar-refractivity contribution is -0.384. The molecule has 0 heterocycles. The number of nitrogens with one attached hydrogen (secondary N) is 1. The fourth-order valence-electron chi connectivity index (χ4n) is 3.62. The first-order valence-electron chi connectivity index (χ1n) is 12.0. The number of hydrogen-bond donors (Lipinski definition) is 1. The number of nitro benzene ring substituents is 1. The third-order valence-corrected chi connectivity index (χ3v) is 7.08. The van der Waals surface area contributed by atoms with Gasteiger partial charge in [-0.25, -0.2) is 5.43 Å². The van der Waals surface area contributed by atoms with Gasteiger partial charge in [0, 0.05) is 27.7 Å². The first kappa shape index (κ1) is 30.1. The second-order valence-corrected chi connectivity index (χ2v) is 10.5. The Kier molecular flexibility index (Phi) is 10.4. The summed E-state index contributed by atoms with van der Waals surface area (Å²) in [5, 5.41) is 15.9. The van der Waals surface area contributed by atoms with Crippen LogP contribution in [0.1, 0.15) is 27.0 Å². The van der Waals surface area contributed by atoms with Crippen LogP contribution in [0.25, 0.3) is 0 Å². The molecule has 0 aliphatic heterocycles. The third-order valence-electron chi connectivity index (χ3n) is 5.69. The molecule has 4 rings (SSSR count). The highest BCUT2D eigenvalue weighted by atomic mass is 127. The maximum Gasteiger partial charge on any atom is 0.275 e. The van der Waals surface area contributed by atoms with Crippen LogP contribution in [0.2, 0.25) is 10.0 Å². The summed E-state index contributed by atoms with van der Waals surface area (Å²) >= 11 is 14.3. The van der Waals surface area contributed by atoms with E-state index in [9.17, 15) is 14.9 Å². The van der Waals surface area contributed by atoms with E-state index in [2.05, 4.69) is 33.1 Å². The van der Waals surface area contributed by atoms with Crippen molar-refractivity contribution in [3.8, 4) is 17.2 Å². The van der Waals surface area contributed by atoms with Crippen LogP contribution in [-0.4, -0.2) is 24.2 Å². The van der Waals surface area contributed by atoms with Gasteiger partial charge in [-0.3, -0.25) is 14.9 Å². The van der Waals surface area contributed by atoms with Gasteiger partial charge in [-0.1, -0.05) is 41.4 Å². The molecule has 0 fully saturated rings. The maximum absolute atomic E-state index is 12.9. The molecule has 0 bridgehead atoms. The number of ether oxygens (including phenoxy) is 3. The number of nitro groups is 1. The number of halogens is 3. The summed E-state index contributed by atoms with van der Waals surface area (Å²) in [5.41, 5.74) is 4.99. The Morgan fingerprint density at radius 3 is 2.46 bits per heavy atom. The lowest BCUT2D eigenvalue weighted by atomic mass is 10.2. The van der Waals surface area contributed by atoms with Gasteiger partial charge in [0.15, 0.2) is 11.5 Å². The summed E-state index contributed by atoms with van der Waals surface area (Å²) in [5.74, 6) is 0.895. The molecular weight excluding hydrogens is 684 g/mol. The van der Waals surface area contributed by atoms with Crippen LogP contribution in [0.3, 0.4) is 0 Å². The predicted octanol–water partition coefficient (Wildman–Crippen LogP) is 7.44. The SMILES string of the molecule is COc1cc(/C=N/NC(=O)c2ccccc2OCc2ccc(Cl)cc2Cl)cc(I)c1OCc1ccc([N+](=O)[O-])cc1. The largest absolute Gasteiger partial charge is 0.493 e. The highest BCUT2D eigenvalue weighted by molar-refractivity contribution is 14.1. The van der Waals surface area contributed by atoms with Crippen molar-refractivity contribution in [1.82, 2.24) is 5.43 Å². The van der Waals surface area contributed by atoms with E-state index in [-0.39, 0.29) is 18.9 Å². The number of hydrazone groups is 1. The van der Waals surface area contributed by atoms with E-state index in [0.717, 1.165) is 14.7 Å². The third kappa shape index (κ3) is 8.09. The molecule has 0 spiro atoms. The van der Waals surface area contributed by atoms with Crippen molar-refractivity contribution >= 4 is 63.6 Å². The van der Waals surface area contributed by atoms with Gasteiger partial charge in [0.25, 0.3) is 11.6 Å². The van der Waals surface area contributed by atoms with Crippen molar-refractivity contribution in [2.45, 2.75) is 13.2 Å². The molecule has 1 amide bonds. The van der Waals surface area contributed by atoms with Gasteiger partial charge in [0.2, 0.25) is 0 Å². The molecule has 0 aromatic heterocycles. The van der Waals surface area contributed by atoms with E-state index in [1.165, 1.54) is 25.5 Å². The highest BCUT2D eigenvalue weighted by Gasteiger charge is 2.14. The smallest absolute Gasteiger partial charge is 0.275 e. The van der Waals surface area contributed by atoms with Crippen molar-refractivity contribution in [3.63, 3.8) is 0 Å². The number of nitrogens with zero attached hydrogens (tertiary/aromatic N) is 2. The molecule has 12 heteroatoms. The molecular formula is C29H22Cl2IN3O6. The Balaban J connectivity index is 1.40. The zero-order valence-corrected chi connectivity index (χ0v) is 25.1. The molecule has 210 valence electrons. The average molecular weight is 706 g/mol. The first-order chi connectivity index (χ1) is 19.7. The molecule has 0 aliphatic carbocycles. The van der Waals surface area contributed by atoms with Crippen molar-refractivity contribution in [2.24, 2.45) is 5.10 Å². The summed E-state index contributed by atoms with van der Waals surface area (Å²) in [4.78, 5) is 23.3. The van der Waals surface area contributed by atoms with Crippen LogP contribution in [0.5, 0.6) is 17.2 Å². The summed E-state index contributed by atoms with van der Waals surface area (Å²) in [7, 11) is 1.51. The molecule has 0 atom stereocenters. The Labute approximate surface area is 259 Å². The zero-order valence-electron chi connectivity index (χ0n) is 21.5. The van der Waals surface area contributed by atoms with Crippen LogP contribution in [0.15, 0.2) is 84.0 Å². The second-order valence-electron chi connectivity index (χ2n) is 8.47. The number of methoxy groups -OCH3 is 1. The van der Waals surface area contributed by atoms with Crippen LogP contribution < -0.4 is 19.6 Å². The summed E-state index contributed by atoms with van der Waals surface area (Å²) < 4.78 is 18.0. The van der Waals surface area contributed by atoms with E-state index in [4.69, 9.17) is 37.4 Å². The van der Waals surface area contributed by atoms with Crippen molar-refractivity contribution in [2.75, 3.05) is 7.11 Å². The van der Waals surface area contributed by atoms with Crippen LogP contribution in [-0.2, 0) is 13.2 Å². The Bertz CT molecular complexity index is 1600. The van der Waals surface area contributed by atoms with Gasteiger partial charge >= 0.3 is 0 Å². The summed E-state index contributed by atoms with van der Waals surface area (Å²) in [6.45, 7) is 0.347. The molecule has 9 nitrogen and oxygen atoms in total. The van der Waals surface area contributed by atoms with E-state index < -0.39 is 10.8 Å². The summed E-state index contributed by atoms with van der Waals surface area (Å²) in [6, 6.07) is 21.6. The predicted molar refractivity (Wildman–Crippen MR) is 165 cm³/mol. The Morgan fingerprint density at radius 1 is 1.00 bits per heavy atom. The molecule has 0 saturated carbocycles. The van der Waals surface area contributed by atoms with Gasteiger partial charge in [0.05, 0.1) is 27.4 Å². The zero-order chi connectivity index (χ0) is 29.4. The number of hydrogen-bond acceptors (Lipinski definition) is 7. The minimum absolute atomic E-state index is 0.00973. The normalized spacial score (nSPS) is 10.8. The van der Waals surface area contributed by atoms with Gasteiger partial charge in [-0.2, -0.15) is 5.10 Å². The molecule has 0 unspecified atom stereocenters. The molecule has 4 aromatic carbocycles. The Hall–Kier alpha value is -3.87. The quantitative estimate of drug-likeness (QED) is 0.0752. The number of amides is 1. The standard InChI is InChI=1S/C29H22Cl2IN3O6/c1-39-27-13-19(12-25(32)28(27)41-16-18-6-10-22(11-7-18)35(37)38)15-33-34-29(36)23-4-2-3-5-26(23)40-17-20-8-9-21(30)14-24(20)31/h2-15H,16-17H2,1H3,(H,34,36)/b33-15+. The minimum atomic E-state index is -0.455. The molecule has 0 aliphatic rings. The van der Waals surface area contributed by atoms with Gasteiger partial charge in [0.1, 0.15) is 19.0 Å². The number of non-ortho nitro benzene ring substituents is 1. The Morgan fingerprint density at radius 2 is 1.76 bits per heavy atom. The lowest BCUT2D eigenvalue weighted by Gasteiger charge is -2.13. The van der Waals surface area contributed by atoms with Gasteiger partial charge in [-0.15, -0.1) is 0 Å². The van der Waals surface area contributed by atoms with Crippen molar-refractivity contribution in [3.05, 3.63) is 125 Å². The number of carbonyl (C=O) groups excluding carboxylic acids is 1. The topological polar surface area (TPSA) is 112 Å². The second kappa shape index (κ2) is 14.2. The minimum Gasteiger partial charge on any atom is -0.493 e. The number of benzene rings is 4. The van der Waals surface area contributed by atoms with Gasteiger partial charge in [-0.05, 0) is 82.2 Å². The van der Waals surface area contributed by atoms with Crippen molar-refractivity contribution in [1.29, 1.82) is 0 Å². The molecule has 41 heavy (non-hydrogen) atoms. The number of para-hydroxylation sites is 1. The molecule has 1 N–H and O–H groups in total. The van der Waals surface area contributed by atoms with Crippen molar-refractivity contribution < 1.29 is 23.9 Å². The first-order valence-corrected chi connectivity index (χ1v) is 13.8. The van der Waals surface area contributed by atoms with E-state index in [1.54, 1.807) is 60.7 Å². The number of rotatable bonds is 11. The summed E-state index contributed by atoms with van der Waals surface area (Å²) in [6.07, 6.45) is 1.49. The van der Waals surface area contributed by atoms with Crippen LogP contribution >= 0.6 is 45.8 Å². The fraction of sp³-hybridized carbons (Fsp3) is 0.103. The van der Waals surface area contributed by atoms with E-state index in [1.807, 2.05) is 6.07 Å². The maximum atomic E-state index is 12.9. The highest BCUT2D eigenvalue weighted by Crippen LogP contribution is 2.34. The molecule has 4 aromatic rings.